The highest BCUT2D eigenvalue weighted by molar-refractivity contribution is 4.89. The standard InChI is InChI=1S/C11H23NO/c1-11(2,13-3)10(12)9-7-5-4-6-8-9/h9-10H,4-8,12H2,1-3H3. The maximum absolute atomic E-state index is 6.21. The molecule has 1 aliphatic rings. The minimum atomic E-state index is -0.165. The fraction of sp³-hybridized carbons (Fsp3) is 1.00. The summed E-state index contributed by atoms with van der Waals surface area (Å²) in [6.07, 6.45) is 6.65. The van der Waals surface area contributed by atoms with E-state index in [1.165, 1.54) is 32.1 Å². The summed E-state index contributed by atoms with van der Waals surface area (Å²) in [5, 5.41) is 0. The topological polar surface area (TPSA) is 35.2 Å². The van der Waals surface area contributed by atoms with Crippen molar-refractivity contribution in [2.45, 2.75) is 57.6 Å². The highest BCUT2D eigenvalue weighted by atomic mass is 16.5. The van der Waals surface area contributed by atoms with Gasteiger partial charge < -0.3 is 10.5 Å². The lowest BCUT2D eigenvalue weighted by Gasteiger charge is -2.37. The Labute approximate surface area is 81.8 Å². The van der Waals surface area contributed by atoms with E-state index >= 15 is 0 Å². The quantitative estimate of drug-likeness (QED) is 0.732. The lowest BCUT2D eigenvalue weighted by Crippen LogP contribution is -2.50. The number of hydrogen-bond acceptors (Lipinski definition) is 2. The Morgan fingerprint density at radius 1 is 1.23 bits per heavy atom. The summed E-state index contributed by atoms with van der Waals surface area (Å²) in [5.41, 5.74) is 6.05. The molecule has 2 heteroatoms. The zero-order valence-electron chi connectivity index (χ0n) is 9.18. The fourth-order valence-corrected chi connectivity index (χ4v) is 2.20. The smallest absolute Gasteiger partial charge is 0.0775 e. The third kappa shape index (κ3) is 2.68. The van der Waals surface area contributed by atoms with E-state index < -0.39 is 0 Å². The van der Waals surface area contributed by atoms with E-state index in [2.05, 4.69) is 13.8 Å². The van der Waals surface area contributed by atoms with E-state index in [0.29, 0.717) is 5.92 Å². The zero-order valence-corrected chi connectivity index (χ0v) is 9.18. The molecule has 0 spiro atoms. The predicted octanol–water partition coefficient (Wildman–Crippen LogP) is 2.32. The normalized spacial score (nSPS) is 23.1. The minimum Gasteiger partial charge on any atom is -0.377 e. The first-order chi connectivity index (χ1) is 6.08. The molecule has 0 aromatic heterocycles. The van der Waals surface area contributed by atoms with Gasteiger partial charge in [-0.05, 0) is 32.6 Å². The van der Waals surface area contributed by atoms with Gasteiger partial charge in [-0.25, -0.2) is 0 Å². The van der Waals surface area contributed by atoms with Gasteiger partial charge in [0.2, 0.25) is 0 Å². The van der Waals surface area contributed by atoms with Crippen LogP contribution in [0.1, 0.15) is 46.0 Å². The van der Waals surface area contributed by atoms with Crippen molar-refractivity contribution in [3.05, 3.63) is 0 Å². The molecular weight excluding hydrogens is 162 g/mol. The zero-order chi connectivity index (χ0) is 9.90. The van der Waals surface area contributed by atoms with Gasteiger partial charge in [-0.2, -0.15) is 0 Å². The van der Waals surface area contributed by atoms with Crippen molar-refractivity contribution >= 4 is 0 Å². The molecule has 2 nitrogen and oxygen atoms in total. The van der Waals surface area contributed by atoms with Gasteiger partial charge in [0.05, 0.1) is 5.60 Å². The Hall–Kier alpha value is -0.0800. The van der Waals surface area contributed by atoms with Crippen LogP contribution in [0.3, 0.4) is 0 Å². The lowest BCUT2D eigenvalue weighted by molar-refractivity contribution is -0.0203. The summed E-state index contributed by atoms with van der Waals surface area (Å²) < 4.78 is 5.43. The fourth-order valence-electron chi connectivity index (χ4n) is 2.20. The van der Waals surface area contributed by atoms with E-state index in [9.17, 15) is 0 Å². The molecule has 1 fully saturated rings. The molecule has 0 radical (unpaired) electrons. The Bertz CT molecular complexity index is 150. The van der Waals surface area contributed by atoms with Gasteiger partial charge in [-0.3, -0.25) is 0 Å². The molecule has 0 amide bonds. The minimum absolute atomic E-state index is 0.165. The Morgan fingerprint density at radius 3 is 2.23 bits per heavy atom. The number of hydrogen-bond donors (Lipinski definition) is 1. The molecule has 78 valence electrons. The van der Waals surface area contributed by atoms with Crippen molar-refractivity contribution in [1.82, 2.24) is 0 Å². The van der Waals surface area contributed by atoms with Gasteiger partial charge in [0.1, 0.15) is 0 Å². The molecule has 1 saturated carbocycles. The monoisotopic (exact) mass is 185 g/mol. The molecule has 13 heavy (non-hydrogen) atoms. The number of ether oxygens (including phenoxy) is 1. The van der Waals surface area contributed by atoms with Crippen LogP contribution in [0.5, 0.6) is 0 Å². The summed E-state index contributed by atoms with van der Waals surface area (Å²) in [7, 11) is 1.75. The van der Waals surface area contributed by atoms with E-state index in [-0.39, 0.29) is 11.6 Å². The Kier molecular flexibility index (Phi) is 3.74. The Morgan fingerprint density at radius 2 is 1.77 bits per heavy atom. The molecule has 0 saturated heterocycles. The number of methoxy groups -OCH3 is 1. The summed E-state index contributed by atoms with van der Waals surface area (Å²) in [6.45, 7) is 4.18. The van der Waals surface area contributed by atoms with Gasteiger partial charge in [-0.15, -0.1) is 0 Å². The number of nitrogens with two attached hydrogens (primary N) is 1. The second-order valence-electron chi connectivity index (χ2n) is 4.73. The SMILES string of the molecule is COC(C)(C)C(N)C1CCCCC1. The van der Waals surface area contributed by atoms with Crippen molar-refractivity contribution in [1.29, 1.82) is 0 Å². The van der Waals surface area contributed by atoms with Crippen molar-refractivity contribution in [2.75, 3.05) is 7.11 Å². The van der Waals surface area contributed by atoms with Crippen LogP contribution in [0.25, 0.3) is 0 Å². The van der Waals surface area contributed by atoms with Crippen LogP contribution in [-0.2, 0) is 4.74 Å². The van der Waals surface area contributed by atoms with Crippen LogP contribution in [0.4, 0.5) is 0 Å². The molecule has 2 N–H and O–H groups in total. The van der Waals surface area contributed by atoms with E-state index in [1.54, 1.807) is 7.11 Å². The second-order valence-corrected chi connectivity index (χ2v) is 4.73. The third-order valence-corrected chi connectivity index (χ3v) is 3.49. The summed E-state index contributed by atoms with van der Waals surface area (Å²) in [5.74, 6) is 0.670. The average Bonchev–Trinajstić information content (AvgIpc) is 2.18. The molecule has 1 aliphatic carbocycles. The predicted molar refractivity (Wildman–Crippen MR) is 55.6 cm³/mol. The van der Waals surface area contributed by atoms with Gasteiger partial charge in [0, 0.05) is 13.2 Å². The van der Waals surface area contributed by atoms with Crippen LogP contribution in [0.2, 0.25) is 0 Å². The van der Waals surface area contributed by atoms with E-state index in [1.807, 2.05) is 0 Å². The van der Waals surface area contributed by atoms with Crippen LogP contribution in [-0.4, -0.2) is 18.8 Å². The molecule has 1 atom stereocenters. The van der Waals surface area contributed by atoms with Crippen molar-refractivity contribution in [3.8, 4) is 0 Å². The van der Waals surface area contributed by atoms with Crippen LogP contribution in [0, 0.1) is 5.92 Å². The summed E-state index contributed by atoms with van der Waals surface area (Å²) in [4.78, 5) is 0. The lowest BCUT2D eigenvalue weighted by atomic mass is 9.78. The van der Waals surface area contributed by atoms with Gasteiger partial charge in [-0.1, -0.05) is 19.3 Å². The molecule has 0 aliphatic heterocycles. The van der Waals surface area contributed by atoms with Crippen LogP contribution >= 0.6 is 0 Å². The molecule has 0 aromatic rings. The first-order valence-electron chi connectivity index (χ1n) is 5.38. The molecule has 0 aromatic carbocycles. The molecule has 0 bridgehead atoms. The largest absolute Gasteiger partial charge is 0.377 e. The second kappa shape index (κ2) is 4.43. The first kappa shape index (κ1) is 11.0. The first-order valence-corrected chi connectivity index (χ1v) is 5.38. The molecule has 1 unspecified atom stereocenters. The molecule has 0 heterocycles. The number of rotatable bonds is 3. The van der Waals surface area contributed by atoms with Gasteiger partial charge >= 0.3 is 0 Å². The van der Waals surface area contributed by atoms with Crippen molar-refractivity contribution < 1.29 is 4.74 Å². The maximum atomic E-state index is 6.21. The van der Waals surface area contributed by atoms with E-state index in [0.717, 1.165) is 0 Å². The molecule has 1 rings (SSSR count). The van der Waals surface area contributed by atoms with E-state index in [4.69, 9.17) is 10.5 Å². The van der Waals surface area contributed by atoms with Crippen molar-refractivity contribution in [3.63, 3.8) is 0 Å². The average molecular weight is 185 g/mol. The van der Waals surface area contributed by atoms with Gasteiger partial charge in [0.25, 0.3) is 0 Å². The summed E-state index contributed by atoms with van der Waals surface area (Å²) in [6, 6.07) is 0.192. The molecular formula is C11H23NO. The van der Waals surface area contributed by atoms with Gasteiger partial charge in [0.15, 0.2) is 0 Å². The maximum Gasteiger partial charge on any atom is 0.0775 e. The van der Waals surface area contributed by atoms with Crippen LogP contribution in [0.15, 0.2) is 0 Å². The summed E-state index contributed by atoms with van der Waals surface area (Å²) >= 11 is 0. The third-order valence-electron chi connectivity index (χ3n) is 3.49. The highest BCUT2D eigenvalue weighted by Gasteiger charge is 2.33. The van der Waals surface area contributed by atoms with Crippen molar-refractivity contribution in [2.24, 2.45) is 11.7 Å². The van der Waals surface area contributed by atoms with Crippen LogP contribution < -0.4 is 5.73 Å². The Balaban J connectivity index is 2.49. The highest BCUT2D eigenvalue weighted by Crippen LogP contribution is 2.30.